The van der Waals surface area contributed by atoms with Gasteiger partial charge in [-0.05, 0) is 30.9 Å². The van der Waals surface area contributed by atoms with E-state index < -0.39 is 0 Å². The second kappa shape index (κ2) is 2.59. The third kappa shape index (κ3) is 1.13. The highest BCUT2D eigenvalue weighted by Gasteiger charge is 2.45. The molecule has 2 heteroatoms. The van der Waals surface area contributed by atoms with E-state index in [1.165, 1.54) is 0 Å². The van der Waals surface area contributed by atoms with Crippen LogP contribution in [0.1, 0.15) is 24.0 Å². The van der Waals surface area contributed by atoms with Crippen molar-refractivity contribution in [3.8, 4) is 0 Å². The molecular weight excluding hydrogens is 162 g/mol. The number of anilines is 1. The Bertz CT molecular complexity index is 353. The fraction of sp³-hybridized carbons (Fsp3) is 0.364. The summed E-state index contributed by atoms with van der Waals surface area (Å²) >= 11 is 0. The van der Waals surface area contributed by atoms with E-state index in [0.717, 1.165) is 35.9 Å². The molecule has 68 valence electrons. The molecule has 1 saturated carbocycles. The van der Waals surface area contributed by atoms with E-state index in [1.54, 1.807) is 0 Å². The average Bonchev–Trinajstić information content (AvgIpc) is 2.90. The van der Waals surface area contributed by atoms with Crippen molar-refractivity contribution in [1.29, 1.82) is 0 Å². The van der Waals surface area contributed by atoms with Crippen molar-refractivity contribution in [3.05, 3.63) is 29.3 Å². The molecule has 1 fully saturated rings. The van der Waals surface area contributed by atoms with Gasteiger partial charge in [-0.2, -0.15) is 0 Å². The SMILES string of the molecule is Cc1cccc(C2(C=O)CC2)c1N. The second-order valence-corrected chi connectivity index (χ2v) is 3.81. The van der Waals surface area contributed by atoms with Crippen molar-refractivity contribution >= 4 is 12.0 Å². The van der Waals surface area contributed by atoms with E-state index in [2.05, 4.69) is 0 Å². The van der Waals surface area contributed by atoms with Crippen molar-refractivity contribution in [2.24, 2.45) is 0 Å². The van der Waals surface area contributed by atoms with Crippen LogP contribution in [0.5, 0.6) is 0 Å². The highest BCUT2D eigenvalue weighted by atomic mass is 16.1. The highest BCUT2D eigenvalue weighted by Crippen LogP contribution is 2.48. The summed E-state index contributed by atoms with van der Waals surface area (Å²) in [6.45, 7) is 1.97. The van der Waals surface area contributed by atoms with Crippen LogP contribution in [0.25, 0.3) is 0 Å². The maximum absolute atomic E-state index is 10.9. The van der Waals surface area contributed by atoms with Crippen LogP contribution in [-0.2, 0) is 10.2 Å². The molecule has 0 amide bonds. The Hall–Kier alpha value is -1.31. The molecule has 1 aliphatic rings. The molecule has 2 nitrogen and oxygen atoms in total. The molecular formula is C11H13NO. The maximum atomic E-state index is 10.9. The van der Waals surface area contributed by atoms with Crippen LogP contribution < -0.4 is 5.73 Å². The summed E-state index contributed by atoms with van der Waals surface area (Å²) in [4.78, 5) is 10.9. The van der Waals surface area contributed by atoms with Gasteiger partial charge in [-0.1, -0.05) is 18.2 Å². The van der Waals surface area contributed by atoms with Crippen molar-refractivity contribution in [2.45, 2.75) is 25.2 Å². The first-order valence-corrected chi connectivity index (χ1v) is 4.51. The van der Waals surface area contributed by atoms with Gasteiger partial charge in [0.15, 0.2) is 0 Å². The Labute approximate surface area is 77.8 Å². The fourth-order valence-electron chi connectivity index (χ4n) is 1.70. The van der Waals surface area contributed by atoms with E-state index in [0.29, 0.717) is 0 Å². The first-order valence-electron chi connectivity index (χ1n) is 4.51. The van der Waals surface area contributed by atoms with Gasteiger partial charge in [0.25, 0.3) is 0 Å². The molecule has 0 radical (unpaired) electrons. The number of benzene rings is 1. The normalized spacial score (nSPS) is 18.2. The Balaban J connectivity index is 2.52. The molecule has 2 rings (SSSR count). The zero-order valence-electron chi connectivity index (χ0n) is 7.71. The number of nitrogen functional groups attached to an aromatic ring is 1. The van der Waals surface area contributed by atoms with Gasteiger partial charge in [-0.15, -0.1) is 0 Å². The summed E-state index contributed by atoms with van der Waals surface area (Å²) in [6, 6.07) is 5.90. The topological polar surface area (TPSA) is 43.1 Å². The van der Waals surface area contributed by atoms with E-state index in [9.17, 15) is 4.79 Å². The molecule has 1 aromatic carbocycles. The van der Waals surface area contributed by atoms with Gasteiger partial charge in [-0.3, -0.25) is 0 Å². The minimum Gasteiger partial charge on any atom is -0.398 e. The molecule has 0 spiro atoms. The summed E-state index contributed by atoms with van der Waals surface area (Å²) in [5, 5.41) is 0. The number of hydrogen-bond acceptors (Lipinski definition) is 2. The lowest BCUT2D eigenvalue weighted by atomic mass is 9.94. The maximum Gasteiger partial charge on any atom is 0.130 e. The smallest absolute Gasteiger partial charge is 0.130 e. The predicted octanol–water partition coefficient (Wildman–Crippen LogP) is 1.81. The van der Waals surface area contributed by atoms with Gasteiger partial charge < -0.3 is 10.5 Å². The van der Waals surface area contributed by atoms with Crippen LogP contribution in [0, 0.1) is 6.92 Å². The van der Waals surface area contributed by atoms with Crippen LogP contribution >= 0.6 is 0 Å². The molecule has 0 unspecified atom stereocenters. The summed E-state index contributed by atoms with van der Waals surface area (Å²) in [5.74, 6) is 0. The largest absolute Gasteiger partial charge is 0.398 e. The molecule has 0 aliphatic heterocycles. The number of para-hydroxylation sites is 1. The van der Waals surface area contributed by atoms with Crippen LogP contribution in [0.15, 0.2) is 18.2 Å². The molecule has 0 bridgehead atoms. The molecule has 13 heavy (non-hydrogen) atoms. The van der Waals surface area contributed by atoms with Gasteiger partial charge in [0.1, 0.15) is 6.29 Å². The minimum absolute atomic E-state index is 0.240. The summed E-state index contributed by atoms with van der Waals surface area (Å²) in [7, 11) is 0. The van der Waals surface area contributed by atoms with E-state index >= 15 is 0 Å². The lowest BCUT2D eigenvalue weighted by Gasteiger charge is -2.12. The number of aryl methyl sites for hydroxylation is 1. The Morgan fingerprint density at radius 2 is 2.15 bits per heavy atom. The van der Waals surface area contributed by atoms with Crippen molar-refractivity contribution in [2.75, 3.05) is 5.73 Å². The van der Waals surface area contributed by atoms with E-state index in [1.807, 2.05) is 25.1 Å². The summed E-state index contributed by atoms with van der Waals surface area (Å²) in [6.07, 6.45) is 2.94. The standard InChI is InChI=1S/C11H13NO/c1-8-3-2-4-9(10(8)12)11(7-13)5-6-11/h2-4,7H,5-6,12H2,1H3. The number of aldehydes is 1. The van der Waals surface area contributed by atoms with E-state index in [-0.39, 0.29) is 5.41 Å². The lowest BCUT2D eigenvalue weighted by Crippen LogP contribution is -2.11. The number of rotatable bonds is 2. The molecule has 1 aliphatic carbocycles. The average molecular weight is 175 g/mol. The monoisotopic (exact) mass is 175 g/mol. The second-order valence-electron chi connectivity index (χ2n) is 3.81. The third-order valence-corrected chi connectivity index (χ3v) is 2.87. The molecule has 2 N–H and O–H groups in total. The molecule has 1 aromatic rings. The molecule has 0 aromatic heterocycles. The van der Waals surface area contributed by atoms with Gasteiger partial charge in [0.05, 0.1) is 5.41 Å². The Kier molecular flexibility index (Phi) is 1.65. The van der Waals surface area contributed by atoms with Gasteiger partial charge in [0, 0.05) is 5.69 Å². The molecule has 0 heterocycles. The first-order chi connectivity index (χ1) is 6.19. The number of carbonyl (C=O) groups excluding carboxylic acids is 1. The summed E-state index contributed by atoms with van der Waals surface area (Å²) in [5.41, 5.74) is 8.55. The minimum atomic E-state index is -0.240. The highest BCUT2D eigenvalue weighted by molar-refractivity contribution is 5.77. The van der Waals surface area contributed by atoms with Crippen LogP contribution in [0.2, 0.25) is 0 Å². The van der Waals surface area contributed by atoms with Crippen LogP contribution in [0.3, 0.4) is 0 Å². The van der Waals surface area contributed by atoms with Crippen molar-refractivity contribution < 1.29 is 4.79 Å². The number of nitrogens with two attached hydrogens (primary N) is 1. The van der Waals surface area contributed by atoms with Gasteiger partial charge in [0.2, 0.25) is 0 Å². The van der Waals surface area contributed by atoms with Crippen molar-refractivity contribution in [1.82, 2.24) is 0 Å². The quantitative estimate of drug-likeness (QED) is 0.550. The van der Waals surface area contributed by atoms with Crippen LogP contribution in [-0.4, -0.2) is 6.29 Å². The summed E-state index contributed by atoms with van der Waals surface area (Å²) < 4.78 is 0. The zero-order chi connectivity index (χ0) is 9.47. The van der Waals surface area contributed by atoms with Crippen LogP contribution in [0.4, 0.5) is 5.69 Å². The van der Waals surface area contributed by atoms with Gasteiger partial charge in [-0.25, -0.2) is 0 Å². The molecule has 0 atom stereocenters. The lowest BCUT2D eigenvalue weighted by molar-refractivity contribution is -0.109. The number of hydrogen-bond donors (Lipinski definition) is 1. The first kappa shape index (κ1) is 8.30. The van der Waals surface area contributed by atoms with Crippen molar-refractivity contribution in [3.63, 3.8) is 0 Å². The van der Waals surface area contributed by atoms with Gasteiger partial charge >= 0.3 is 0 Å². The van der Waals surface area contributed by atoms with E-state index in [4.69, 9.17) is 5.73 Å². The predicted molar refractivity (Wildman–Crippen MR) is 52.6 cm³/mol. The number of carbonyl (C=O) groups is 1. The Morgan fingerprint density at radius 1 is 1.46 bits per heavy atom. The Morgan fingerprint density at radius 3 is 2.69 bits per heavy atom. The fourth-order valence-corrected chi connectivity index (χ4v) is 1.70. The third-order valence-electron chi connectivity index (χ3n) is 2.87. The zero-order valence-corrected chi connectivity index (χ0v) is 7.71. The molecule has 0 saturated heterocycles.